The molecule has 0 aromatic rings. The van der Waals surface area contributed by atoms with Crippen molar-refractivity contribution in [3.8, 4) is 0 Å². The van der Waals surface area contributed by atoms with Crippen LogP contribution in [0.1, 0.15) is 203 Å². The summed E-state index contributed by atoms with van der Waals surface area (Å²) in [5.41, 5.74) is 8.38. The van der Waals surface area contributed by atoms with Crippen molar-refractivity contribution in [2.45, 2.75) is 203 Å². The van der Waals surface area contributed by atoms with Crippen LogP contribution in [0.5, 0.6) is 0 Å². The third-order valence-corrected chi connectivity index (χ3v) is 10.5. The Morgan fingerprint density at radius 3 is 0.656 bits per heavy atom. The first-order valence-corrected chi connectivity index (χ1v) is 23.1. The zero-order valence-electron chi connectivity index (χ0n) is 43.3. The second kappa shape index (κ2) is 34.8. The van der Waals surface area contributed by atoms with Crippen molar-refractivity contribution in [3.63, 3.8) is 0 Å². The van der Waals surface area contributed by atoms with E-state index >= 15 is 0 Å². The molecule has 0 bridgehead atoms. The molecule has 0 aliphatic rings. The van der Waals surface area contributed by atoms with Gasteiger partial charge in [-0.3, -0.25) is 0 Å². The van der Waals surface area contributed by atoms with Gasteiger partial charge < -0.3 is 29.7 Å². The molecule has 0 N–H and O–H groups in total. The fourth-order valence-corrected chi connectivity index (χ4v) is 7.37. The first-order chi connectivity index (χ1) is 27.4. The van der Waals surface area contributed by atoms with E-state index in [9.17, 15) is 29.7 Å². The minimum Gasteiger partial charge on any atom is -0.545 e. The average Bonchev–Trinajstić information content (AvgIpc) is 3.08. The standard InChI is InChI=1S/3C18H32O2.Al/c3*1-12(2)8-9-16(10-13(3)4)15(7)17(18(19)20)11-14(5)6;/h3*8,13-14,16H,9-11H2,1-7H3,(H,19,20);/q;;;+3/p-3. The molecule has 0 radical (unpaired) electrons. The molecule has 0 rings (SSSR count). The largest absolute Gasteiger partial charge is 3.00 e. The van der Waals surface area contributed by atoms with E-state index in [1.807, 2.05) is 62.3 Å². The Hall–Kier alpha value is -2.62. The molecule has 0 heterocycles. The number of hydrogen-bond acceptors (Lipinski definition) is 6. The van der Waals surface area contributed by atoms with E-state index in [1.165, 1.54) is 16.7 Å². The average molecular weight is 865 g/mol. The van der Waals surface area contributed by atoms with Crippen molar-refractivity contribution in [1.82, 2.24) is 0 Å². The van der Waals surface area contributed by atoms with E-state index in [0.717, 1.165) is 55.2 Å². The Morgan fingerprint density at radius 1 is 0.361 bits per heavy atom. The van der Waals surface area contributed by atoms with Crippen molar-refractivity contribution in [3.05, 3.63) is 68.4 Å². The Kier molecular flexibility index (Phi) is 37.1. The maximum Gasteiger partial charge on any atom is 3.00 e. The quantitative estimate of drug-likeness (QED) is 0.0541. The van der Waals surface area contributed by atoms with Gasteiger partial charge in [-0.1, -0.05) is 135 Å². The minimum atomic E-state index is -0.998. The number of carboxylic acid groups (broad SMARTS) is 3. The smallest absolute Gasteiger partial charge is 0.545 e. The molecule has 7 heteroatoms. The molecule has 0 aromatic carbocycles. The number of allylic oxidation sites excluding steroid dienone is 9. The molecule has 3 unspecified atom stereocenters. The molecule has 0 aliphatic heterocycles. The molecular formula is C54H93AlO6. The van der Waals surface area contributed by atoms with Gasteiger partial charge in [0.2, 0.25) is 0 Å². The van der Waals surface area contributed by atoms with E-state index in [0.29, 0.717) is 89.2 Å². The number of hydrogen-bond donors (Lipinski definition) is 0. The molecule has 0 saturated heterocycles. The molecule has 0 saturated carbocycles. The van der Waals surface area contributed by atoms with E-state index in [1.54, 1.807) is 0 Å². The third-order valence-electron chi connectivity index (χ3n) is 10.5. The van der Waals surface area contributed by atoms with E-state index in [4.69, 9.17) is 0 Å². The molecule has 0 amide bonds. The van der Waals surface area contributed by atoms with Crippen LogP contribution in [0.15, 0.2) is 68.4 Å². The topological polar surface area (TPSA) is 120 Å². The first kappa shape index (κ1) is 65.0. The van der Waals surface area contributed by atoms with E-state index in [-0.39, 0.29) is 17.4 Å². The Balaban J connectivity index is -0.000000396. The maximum absolute atomic E-state index is 11.4. The van der Waals surface area contributed by atoms with Gasteiger partial charge in [0.1, 0.15) is 0 Å². The van der Waals surface area contributed by atoms with Gasteiger partial charge in [-0.15, -0.1) is 0 Å². The van der Waals surface area contributed by atoms with Crippen molar-refractivity contribution < 1.29 is 29.7 Å². The monoisotopic (exact) mass is 865 g/mol. The van der Waals surface area contributed by atoms with Gasteiger partial charge in [0.05, 0.1) is 17.9 Å². The molecule has 348 valence electrons. The summed E-state index contributed by atoms with van der Waals surface area (Å²) in [5.74, 6) is 0.590. The Morgan fingerprint density at radius 2 is 0.541 bits per heavy atom. The minimum absolute atomic E-state index is 0. The van der Waals surface area contributed by atoms with E-state index < -0.39 is 17.9 Å². The van der Waals surface area contributed by atoms with Gasteiger partial charge in [-0.25, -0.2) is 0 Å². The number of carbonyl (C=O) groups excluding carboxylic acids is 3. The third kappa shape index (κ3) is 33.6. The Bertz CT molecular complexity index is 1290. The molecule has 0 spiro atoms. The SMILES string of the molecule is CC(C)=CCC(CC(C)C)C(C)=C(CC(C)C)C(=O)[O-].CC(C)=CCC(CC(C)C)C(C)=C(CC(C)C)C(=O)[O-].CC(C)=CCC(CC(C)C)C(C)=C(CC(C)C)C(=O)[O-].[Al+3]. The summed E-state index contributed by atoms with van der Waals surface area (Å²) >= 11 is 0. The van der Waals surface area contributed by atoms with Crippen molar-refractivity contribution in [1.29, 1.82) is 0 Å². The summed E-state index contributed by atoms with van der Waals surface area (Å²) in [6, 6.07) is 0. The molecule has 0 aliphatic carbocycles. The molecular weight excluding hydrogens is 772 g/mol. The van der Waals surface area contributed by atoms with Crippen LogP contribution in [0.3, 0.4) is 0 Å². The van der Waals surface area contributed by atoms with Crippen LogP contribution in [0, 0.1) is 53.3 Å². The summed E-state index contributed by atoms with van der Waals surface area (Å²) < 4.78 is 0. The first-order valence-electron chi connectivity index (χ1n) is 23.1. The normalized spacial score (nSPS) is 14.0. The number of carbonyl (C=O) groups is 3. The fourth-order valence-electron chi connectivity index (χ4n) is 7.37. The summed E-state index contributed by atoms with van der Waals surface area (Å²) in [7, 11) is 0. The van der Waals surface area contributed by atoms with Crippen LogP contribution in [0.4, 0.5) is 0 Å². The number of carboxylic acids is 3. The molecule has 61 heavy (non-hydrogen) atoms. The number of rotatable bonds is 24. The molecule has 3 atom stereocenters. The predicted octanol–water partition coefficient (Wildman–Crippen LogP) is 12.0. The summed E-state index contributed by atoms with van der Waals surface area (Å²) in [6.45, 7) is 43.8. The fraction of sp³-hybridized carbons (Fsp3) is 0.722. The van der Waals surface area contributed by atoms with Gasteiger partial charge in [0.25, 0.3) is 0 Å². The van der Waals surface area contributed by atoms with Gasteiger partial charge in [0, 0.05) is 0 Å². The van der Waals surface area contributed by atoms with Crippen molar-refractivity contribution >= 4 is 35.3 Å². The second-order valence-electron chi connectivity index (χ2n) is 20.7. The zero-order valence-corrected chi connectivity index (χ0v) is 44.5. The summed E-state index contributed by atoms with van der Waals surface area (Å²) in [4.78, 5) is 34.3. The summed E-state index contributed by atoms with van der Waals surface area (Å²) in [5, 5.41) is 34.3. The van der Waals surface area contributed by atoms with Crippen LogP contribution in [0.2, 0.25) is 0 Å². The summed E-state index contributed by atoms with van der Waals surface area (Å²) in [6.07, 6.45) is 14.2. The molecule has 0 aromatic heterocycles. The van der Waals surface area contributed by atoms with Crippen LogP contribution in [-0.2, 0) is 14.4 Å². The maximum atomic E-state index is 11.4. The molecule has 0 fully saturated rings. The zero-order chi connectivity index (χ0) is 47.6. The van der Waals surface area contributed by atoms with Crippen molar-refractivity contribution in [2.24, 2.45) is 53.3 Å². The van der Waals surface area contributed by atoms with Gasteiger partial charge >= 0.3 is 17.4 Å². The van der Waals surface area contributed by atoms with Gasteiger partial charge in [0.15, 0.2) is 0 Å². The second-order valence-corrected chi connectivity index (χ2v) is 20.7. The van der Waals surface area contributed by atoms with Crippen LogP contribution in [0.25, 0.3) is 0 Å². The van der Waals surface area contributed by atoms with Crippen LogP contribution >= 0.6 is 0 Å². The molecule has 6 nitrogen and oxygen atoms in total. The van der Waals surface area contributed by atoms with Gasteiger partial charge in [-0.2, -0.15) is 0 Å². The van der Waals surface area contributed by atoms with Crippen LogP contribution in [-0.4, -0.2) is 35.3 Å². The van der Waals surface area contributed by atoms with Crippen molar-refractivity contribution in [2.75, 3.05) is 0 Å². The number of aliphatic carboxylic acids is 3. The van der Waals surface area contributed by atoms with Crippen LogP contribution < -0.4 is 15.3 Å². The van der Waals surface area contributed by atoms with Gasteiger partial charge in [-0.05, 0) is 190 Å². The predicted molar refractivity (Wildman–Crippen MR) is 258 cm³/mol. The van der Waals surface area contributed by atoms with E-state index in [2.05, 4.69) is 101 Å². The Labute approximate surface area is 388 Å².